The van der Waals surface area contributed by atoms with E-state index < -0.39 is 11.4 Å². The molecule has 0 bridgehead atoms. The number of carbonyl (C=O) groups excluding carboxylic acids is 2. The highest BCUT2D eigenvalue weighted by molar-refractivity contribution is 5.81. The molecule has 0 radical (unpaired) electrons. The second-order valence-electron chi connectivity index (χ2n) is 8.74. The molecule has 1 unspecified atom stereocenters. The van der Waals surface area contributed by atoms with Gasteiger partial charge in [0.1, 0.15) is 6.61 Å². The van der Waals surface area contributed by atoms with Crippen LogP contribution in [0, 0.1) is 11.3 Å². The number of nitrogens with zero attached hydrogens (tertiary/aromatic N) is 2. The first-order valence-corrected chi connectivity index (χ1v) is 10.7. The molecule has 7 heteroatoms. The van der Waals surface area contributed by atoms with Crippen LogP contribution in [0.3, 0.4) is 0 Å². The second-order valence-corrected chi connectivity index (χ2v) is 8.74. The van der Waals surface area contributed by atoms with Crippen LogP contribution in [-0.2, 0) is 20.9 Å². The maximum atomic E-state index is 12.1. The summed E-state index contributed by atoms with van der Waals surface area (Å²) in [5.41, 5.74) is 1.65. The molecule has 0 aliphatic carbocycles. The van der Waals surface area contributed by atoms with Crippen LogP contribution in [-0.4, -0.2) is 42.0 Å². The predicted molar refractivity (Wildman–Crippen MR) is 113 cm³/mol. The van der Waals surface area contributed by atoms with Gasteiger partial charge in [0.25, 0.3) is 5.88 Å². The molecule has 2 aliphatic heterocycles. The van der Waals surface area contributed by atoms with Gasteiger partial charge in [0, 0.05) is 12.7 Å². The molecule has 2 aliphatic rings. The maximum absolute atomic E-state index is 12.1. The number of hydrogen-bond acceptors (Lipinski definition) is 7. The van der Waals surface area contributed by atoms with E-state index in [0.717, 1.165) is 38.0 Å². The molecule has 31 heavy (non-hydrogen) atoms. The Morgan fingerprint density at radius 2 is 1.97 bits per heavy atom. The Morgan fingerprint density at radius 3 is 2.68 bits per heavy atom. The Morgan fingerprint density at radius 1 is 1.23 bits per heavy atom. The average molecular weight is 424 g/mol. The number of likely N-dealkylation sites (tertiary alicyclic amines) is 1. The first kappa shape index (κ1) is 21.3. The first-order chi connectivity index (χ1) is 15.0. The number of fused-ring (bicyclic) bond motifs is 1. The number of benzene rings is 1. The van der Waals surface area contributed by atoms with Gasteiger partial charge in [0.2, 0.25) is 0 Å². The van der Waals surface area contributed by atoms with Crippen LogP contribution in [0.1, 0.15) is 43.9 Å². The summed E-state index contributed by atoms with van der Waals surface area (Å²) in [5, 5.41) is 0. The van der Waals surface area contributed by atoms with Crippen molar-refractivity contribution in [3.8, 4) is 11.6 Å². The molecule has 1 aromatic heterocycles. The summed E-state index contributed by atoms with van der Waals surface area (Å²) < 4.78 is 16.4. The summed E-state index contributed by atoms with van der Waals surface area (Å²) in [6, 6.07) is 12.1. The minimum Gasteiger partial charge on any atom is -0.484 e. The highest BCUT2D eigenvalue weighted by Gasteiger charge is 2.39. The van der Waals surface area contributed by atoms with E-state index in [-0.39, 0.29) is 18.5 Å². The Labute approximate surface area is 182 Å². The van der Waals surface area contributed by atoms with Gasteiger partial charge < -0.3 is 14.2 Å². The molecule has 0 saturated carbocycles. The predicted octanol–water partition coefficient (Wildman–Crippen LogP) is 3.53. The van der Waals surface area contributed by atoms with Crippen LogP contribution in [0.15, 0.2) is 42.6 Å². The summed E-state index contributed by atoms with van der Waals surface area (Å²) in [7, 11) is 0. The van der Waals surface area contributed by atoms with Gasteiger partial charge in [-0.3, -0.25) is 14.5 Å². The van der Waals surface area contributed by atoms with Crippen molar-refractivity contribution in [3.63, 3.8) is 0 Å². The summed E-state index contributed by atoms with van der Waals surface area (Å²) in [5.74, 6) is 0.980. The lowest BCUT2D eigenvalue weighted by Gasteiger charge is -2.38. The summed E-state index contributed by atoms with van der Waals surface area (Å²) in [6.45, 7) is 7.10. The number of hydrogen-bond donors (Lipinski definition) is 0. The van der Waals surface area contributed by atoms with Gasteiger partial charge in [0.05, 0.1) is 5.41 Å². The number of esters is 1. The topological polar surface area (TPSA) is 78.0 Å². The number of carbonyl (C=O) groups is 2. The highest BCUT2D eigenvalue weighted by Crippen LogP contribution is 2.37. The molecule has 3 heterocycles. The largest absolute Gasteiger partial charge is 0.484 e. The van der Waals surface area contributed by atoms with Crippen molar-refractivity contribution in [1.82, 2.24) is 9.88 Å². The molecule has 0 amide bonds. The average Bonchev–Trinajstić information content (AvgIpc) is 2.80. The minimum absolute atomic E-state index is 0.166. The van der Waals surface area contributed by atoms with Gasteiger partial charge in [0.15, 0.2) is 11.9 Å². The van der Waals surface area contributed by atoms with Crippen molar-refractivity contribution in [1.29, 1.82) is 0 Å². The highest BCUT2D eigenvalue weighted by atomic mass is 16.6. The molecule has 7 nitrogen and oxygen atoms in total. The summed E-state index contributed by atoms with van der Waals surface area (Å²) >= 11 is 0. The first-order valence-electron chi connectivity index (χ1n) is 10.7. The molecular weight excluding hydrogens is 396 g/mol. The fraction of sp³-hybridized carbons (Fsp3) is 0.458. The molecule has 1 atom stereocenters. The van der Waals surface area contributed by atoms with E-state index >= 15 is 0 Å². The fourth-order valence-corrected chi connectivity index (χ4v) is 4.34. The third-order valence-corrected chi connectivity index (χ3v) is 6.43. The second kappa shape index (κ2) is 9.06. The van der Waals surface area contributed by atoms with Crippen LogP contribution >= 0.6 is 0 Å². The van der Waals surface area contributed by atoms with Crippen molar-refractivity contribution in [3.05, 3.63) is 53.7 Å². The van der Waals surface area contributed by atoms with Gasteiger partial charge in [-0.1, -0.05) is 24.3 Å². The molecule has 0 N–H and O–H groups in total. The lowest BCUT2D eigenvalue weighted by Crippen LogP contribution is -2.42. The SMILES string of the molecule is CC(C)(C(=O)OC=O)C1CCN(Cc2ccc(C3COc4cccnc4O3)cc2)CC1. The van der Waals surface area contributed by atoms with Gasteiger partial charge in [-0.25, -0.2) is 4.98 Å². The lowest BCUT2D eigenvalue weighted by atomic mass is 9.73. The van der Waals surface area contributed by atoms with Crippen LogP contribution in [0.4, 0.5) is 0 Å². The Balaban J connectivity index is 1.30. The Kier molecular flexibility index (Phi) is 6.23. The number of pyridine rings is 1. The van der Waals surface area contributed by atoms with Gasteiger partial charge in [-0.05, 0) is 69.0 Å². The normalized spacial score (nSPS) is 19.6. The third kappa shape index (κ3) is 4.71. The third-order valence-electron chi connectivity index (χ3n) is 6.43. The van der Waals surface area contributed by atoms with Gasteiger partial charge in [-0.15, -0.1) is 0 Å². The zero-order valence-corrected chi connectivity index (χ0v) is 18.0. The zero-order chi connectivity index (χ0) is 21.8. The standard InChI is InChI=1S/C24H28N2O5/c1-24(2,23(28)30-16-27)19-9-12-26(13-10-19)14-17-5-7-18(8-6-17)21-15-29-20-4-3-11-25-22(20)31-21/h3-8,11,16,19,21H,9-10,12-15H2,1-2H3. The van der Waals surface area contributed by atoms with Crippen LogP contribution in [0.2, 0.25) is 0 Å². The van der Waals surface area contributed by atoms with E-state index in [2.05, 4.69) is 38.9 Å². The van der Waals surface area contributed by atoms with Gasteiger partial charge >= 0.3 is 12.4 Å². The smallest absolute Gasteiger partial charge is 0.319 e. The minimum atomic E-state index is -0.649. The number of aromatic nitrogens is 1. The van der Waals surface area contributed by atoms with Crippen LogP contribution in [0.25, 0.3) is 0 Å². The van der Waals surface area contributed by atoms with E-state index in [0.29, 0.717) is 18.2 Å². The fourth-order valence-electron chi connectivity index (χ4n) is 4.34. The summed E-state index contributed by atoms with van der Waals surface area (Å²) in [4.78, 5) is 29.2. The van der Waals surface area contributed by atoms with Gasteiger partial charge in [-0.2, -0.15) is 0 Å². The lowest BCUT2D eigenvalue weighted by molar-refractivity contribution is -0.162. The Hall–Kier alpha value is -2.93. The summed E-state index contributed by atoms with van der Waals surface area (Å²) in [6.07, 6.45) is 3.33. The van der Waals surface area contributed by atoms with E-state index in [1.165, 1.54) is 5.56 Å². The monoisotopic (exact) mass is 424 g/mol. The molecule has 1 saturated heterocycles. The van der Waals surface area contributed by atoms with E-state index in [1.54, 1.807) is 6.20 Å². The molecule has 2 aromatic rings. The molecule has 1 fully saturated rings. The molecule has 1 aromatic carbocycles. The van der Waals surface area contributed by atoms with E-state index in [4.69, 9.17) is 9.47 Å². The van der Waals surface area contributed by atoms with Crippen molar-refractivity contribution in [2.75, 3.05) is 19.7 Å². The number of piperidine rings is 1. The number of rotatable bonds is 6. The zero-order valence-electron chi connectivity index (χ0n) is 18.0. The molecular formula is C24H28N2O5. The van der Waals surface area contributed by atoms with Crippen LogP contribution < -0.4 is 9.47 Å². The van der Waals surface area contributed by atoms with Crippen molar-refractivity contribution < 1.29 is 23.8 Å². The quantitative estimate of drug-likeness (QED) is 0.399. The van der Waals surface area contributed by atoms with E-state index in [9.17, 15) is 9.59 Å². The molecule has 0 spiro atoms. The molecule has 4 rings (SSSR count). The van der Waals surface area contributed by atoms with E-state index in [1.807, 2.05) is 26.0 Å². The number of ether oxygens (including phenoxy) is 3. The Bertz CT molecular complexity index is 920. The van der Waals surface area contributed by atoms with Crippen molar-refractivity contribution in [2.24, 2.45) is 11.3 Å². The van der Waals surface area contributed by atoms with Crippen molar-refractivity contribution >= 4 is 12.4 Å². The van der Waals surface area contributed by atoms with Crippen molar-refractivity contribution in [2.45, 2.75) is 39.3 Å². The van der Waals surface area contributed by atoms with Crippen LogP contribution in [0.5, 0.6) is 11.6 Å². The molecule has 164 valence electrons. The maximum Gasteiger partial charge on any atom is 0.319 e.